The van der Waals surface area contributed by atoms with Crippen molar-refractivity contribution >= 4 is 23.8 Å². The minimum atomic E-state index is -1.22. The summed E-state index contributed by atoms with van der Waals surface area (Å²) in [4.78, 5) is 44.4. The summed E-state index contributed by atoms with van der Waals surface area (Å²) in [6.07, 6.45) is 0. The van der Waals surface area contributed by atoms with Crippen LogP contribution in [0.3, 0.4) is 0 Å². The van der Waals surface area contributed by atoms with Gasteiger partial charge < -0.3 is 20.5 Å². The molecule has 0 saturated heterocycles. The number of carbonyl (C=O) groups excluding carboxylic acids is 3. The minimum Gasteiger partial charge on any atom is -0.480 e. The molecule has 0 aliphatic carbocycles. The minimum absolute atomic E-state index is 0.280. The van der Waals surface area contributed by atoms with Gasteiger partial charge in [0.25, 0.3) is 5.91 Å². The van der Waals surface area contributed by atoms with Gasteiger partial charge in [0.1, 0.15) is 19.3 Å². The van der Waals surface area contributed by atoms with E-state index in [1.165, 1.54) is 6.92 Å². The number of hydrogen-bond donors (Lipinski definition) is 4. The summed E-state index contributed by atoms with van der Waals surface area (Å²) in [7, 11) is 0. The van der Waals surface area contributed by atoms with Crippen LogP contribution in [0.25, 0.3) is 0 Å². The first-order valence-corrected chi connectivity index (χ1v) is 6.40. The number of hydrogen-bond acceptors (Lipinski definition) is 5. The van der Waals surface area contributed by atoms with E-state index >= 15 is 0 Å². The Labute approximate surface area is 122 Å². The summed E-state index contributed by atoms with van der Waals surface area (Å²) in [5.74, 6) is -2.11. The molecular weight excluding hydrogens is 282 g/mol. The van der Waals surface area contributed by atoms with Crippen LogP contribution in [0.1, 0.15) is 20.8 Å². The molecule has 0 aromatic carbocycles. The lowest BCUT2D eigenvalue weighted by atomic mass is 10.2. The first-order chi connectivity index (χ1) is 9.72. The molecule has 1 unspecified atom stereocenters. The van der Waals surface area contributed by atoms with E-state index in [-0.39, 0.29) is 11.8 Å². The van der Waals surface area contributed by atoms with Gasteiger partial charge in [0.15, 0.2) is 0 Å². The third kappa shape index (κ3) is 10.3. The van der Waals surface area contributed by atoms with Crippen LogP contribution in [-0.2, 0) is 19.1 Å². The van der Waals surface area contributed by atoms with Crippen LogP contribution in [0, 0.1) is 5.92 Å². The number of rotatable bonds is 8. The summed E-state index contributed by atoms with van der Waals surface area (Å²) >= 11 is 0. The zero-order valence-electron chi connectivity index (χ0n) is 12.3. The second-order valence-corrected chi connectivity index (χ2v) is 4.77. The lowest BCUT2D eigenvalue weighted by molar-refractivity contribution is -0.143. The first-order valence-electron chi connectivity index (χ1n) is 6.40. The van der Waals surface area contributed by atoms with Crippen molar-refractivity contribution in [3.8, 4) is 0 Å². The first kappa shape index (κ1) is 18.8. The maximum Gasteiger partial charge on any atom is 0.329 e. The lowest BCUT2D eigenvalue weighted by Crippen LogP contribution is -2.50. The molecule has 0 aromatic rings. The molecule has 120 valence electrons. The fourth-order valence-electron chi connectivity index (χ4n) is 1.15. The second-order valence-electron chi connectivity index (χ2n) is 4.77. The average Bonchev–Trinajstić information content (AvgIpc) is 2.34. The third-order valence-corrected chi connectivity index (χ3v) is 2.14. The standard InChI is InChI=1S/C12H21N3O6/c1-7(2)4-13-11(19)8(3)14-12(20)15-9(16)5-21-6-10(17)18/h7-8H,4-6H2,1-3H3,(H,13,19)(H,17,18)(H2,14,15,16,20). The Morgan fingerprint density at radius 2 is 1.71 bits per heavy atom. The van der Waals surface area contributed by atoms with E-state index in [1.807, 2.05) is 19.2 Å². The smallest absolute Gasteiger partial charge is 0.329 e. The number of carboxylic acids is 1. The molecule has 0 bridgehead atoms. The highest BCUT2D eigenvalue weighted by Gasteiger charge is 2.17. The molecule has 9 nitrogen and oxygen atoms in total. The summed E-state index contributed by atoms with van der Waals surface area (Å²) in [6.45, 7) is 4.62. The fourth-order valence-corrected chi connectivity index (χ4v) is 1.15. The van der Waals surface area contributed by atoms with Gasteiger partial charge in [0.2, 0.25) is 5.91 Å². The highest BCUT2D eigenvalue weighted by molar-refractivity contribution is 5.96. The average molecular weight is 303 g/mol. The summed E-state index contributed by atoms with van der Waals surface area (Å²) in [5.41, 5.74) is 0. The van der Waals surface area contributed by atoms with Crippen molar-refractivity contribution in [1.82, 2.24) is 16.0 Å². The Morgan fingerprint density at radius 1 is 1.10 bits per heavy atom. The van der Waals surface area contributed by atoms with Crippen molar-refractivity contribution in [1.29, 1.82) is 0 Å². The number of imide groups is 1. The molecule has 0 aliphatic rings. The van der Waals surface area contributed by atoms with Crippen LogP contribution >= 0.6 is 0 Å². The van der Waals surface area contributed by atoms with Gasteiger partial charge in [-0.15, -0.1) is 0 Å². The Balaban J connectivity index is 3.98. The Kier molecular flexibility index (Phi) is 8.70. The molecule has 0 heterocycles. The maximum absolute atomic E-state index is 11.6. The second kappa shape index (κ2) is 9.70. The van der Waals surface area contributed by atoms with Gasteiger partial charge in [0, 0.05) is 6.54 Å². The molecule has 0 aromatic heterocycles. The van der Waals surface area contributed by atoms with Crippen LogP contribution in [-0.4, -0.2) is 54.7 Å². The van der Waals surface area contributed by atoms with E-state index in [4.69, 9.17) is 5.11 Å². The number of urea groups is 1. The highest BCUT2D eigenvalue weighted by Crippen LogP contribution is 1.89. The summed E-state index contributed by atoms with van der Waals surface area (Å²) in [6, 6.07) is -1.66. The van der Waals surface area contributed by atoms with Crippen molar-refractivity contribution in [2.75, 3.05) is 19.8 Å². The van der Waals surface area contributed by atoms with Gasteiger partial charge in [-0.3, -0.25) is 14.9 Å². The van der Waals surface area contributed by atoms with Crippen LogP contribution in [0.5, 0.6) is 0 Å². The van der Waals surface area contributed by atoms with Gasteiger partial charge in [-0.05, 0) is 12.8 Å². The summed E-state index contributed by atoms with van der Waals surface area (Å²) in [5, 5.41) is 15.1. The van der Waals surface area contributed by atoms with Gasteiger partial charge in [0.05, 0.1) is 0 Å². The number of aliphatic carboxylic acids is 1. The highest BCUT2D eigenvalue weighted by atomic mass is 16.5. The molecule has 0 radical (unpaired) electrons. The quantitative estimate of drug-likeness (QED) is 0.458. The molecule has 0 rings (SSSR count). The molecule has 0 fully saturated rings. The van der Waals surface area contributed by atoms with Crippen LogP contribution < -0.4 is 16.0 Å². The number of ether oxygens (including phenoxy) is 1. The Morgan fingerprint density at radius 3 is 2.24 bits per heavy atom. The molecule has 0 saturated carbocycles. The third-order valence-electron chi connectivity index (χ3n) is 2.14. The van der Waals surface area contributed by atoms with Gasteiger partial charge >= 0.3 is 12.0 Å². The van der Waals surface area contributed by atoms with E-state index in [0.717, 1.165) is 0 Å². The van der Waals surface area contributed by atoms with Gasteiger partial charge in [-0.1, -0.05) is 13.8 Å². The topological polar surface area (TPSA) is 134 Å². The molecular formula is C12H21N3O6. The van der Waals surface area contributed by atoms with Crippen LogP contribution in [0.4, 0.5) is 4.79 Å². The van der Waals surface area contributed by atoms with E-state index < -0.39 is 37.2 Å². The van der Waals surface area contributed by atoms with Crippen molar-refractivity contribution in [3.05, 3.63) is 0 Å². The van der Waals surface area contributed by atoms with Crippen molar-refractivity contribution < 1.29 is 29.0 Å². The normalized spacial score (nSPS) is 11.6. The molecule has 9 heteroatoms. The molecule has 21 heavy (non-hydrogen) atoms. The number of carbonyl (C=O) groups is 4. The largest absolute Gasteiger partial charge is 0.480 e. The van der Waals surface area contributed by atoms with Crippen molar-refractivity contribution in [3.63, 3.8) is 0 Å². The maximum atomic E-state index is 11.6. The summed E-state index contributed by atoms with van der Waals surface area (Å²) < 4.78 is 4.50. The van der Waals surface area contributed by atoms with Gasteiger partial charge in [-0.2, -0.15) is 0 Å². The molecule has 4 amide bonds. The van der Waals surface area contributed by atoms with E-state index in [0.29, 0.717) is 6.54 Å². The zero-order chi connectivity index (χ0) is 16.4. The monoisotopic (exact) mass is 303 g/mol. The number of carboxylic acid groups (broad SMARTS) is 1. The van der Waals surface area contributed by atoms with E-state index in [2.05, 4.69) is 15.4 Å². The van der Waals surface area contributed by atoms with E-state index in [9.17, 15) is 19.2 Å². The number of amides is 4. The Hall–Kier alpha value is -2.16. The van der Waals surface area contributed by atoms with Crippen LogP contribution in [0.2, 0.25) is 0 Å². The number of nitrogens with one attached hydrogen (secondary N) is 3. The molecule has 0 spiro atoms. The van der Waals surface area contributed by atoms with Crippen molar-refractivity contribution in [2.45, 2.75) is 26.8 Å². The lowest BCUT2D eigenvalue weighted by Gasteiger charge is -2.15. The predicted molar refractivity (Wildman–Crippen MR) is 72.4 cm³/mol. The van der Waals surface area contributed by atoms with Crippen molar-refractivity contribution in [2.24, 2.45) is 5.92 Å². The SMILES string of the molecule is CC(C)CNC(=O)C(C)NC(=O)NC(=O)COCC(=O)O. The zero-order valence-corrected chi connectivity index (χ0v) is 12.3. The molecule has 0 aliphatic heterocycles. The molecule has 4 N–H and O–H groups in total. The molecule has 1 atom stereocenters. The van der Waals surface area contributed by atoms with E-state index in [1.54, 1.807) is 0 Å². The van der Waals surface area contributed by atoms with Crippen LogP contribution in [0.15, 0.2) is 0 Å². The fraction of sp³-hybridized carbons (Fsp3) is 0.667. The predicted octanol–water partition coefficient (Wildman–Crippen LogP) is -0.926. The van der Waals surface area contributed by atoms with Gasteiger partial charge in [-0.25, -0.2) is 9.59 Å². The Bertz CT molecular complexity index is 396.